The molecule has 31 heavy (non-hydrogen) atoms. The van der Waals surface area contributed by atoms with Crippen LogP contribution in [-0.4, -0.2) is 0 Å². The monoisotopic (exact) mass is 418 g/mol. The van der Waals surface area contributed by atoms with Crippen molar-refractivity contribution in [2.24, 2.45) is 0 Å². The standard InChI is InChI=1S/2C11H10.C5H12.C2H6.2CH4/c1-9-5-4-7-10-6-2-3-8-11(9)10;1-9-6-7-10-4-2-3-5-11(10)8-9;1-3-5-4-2;1-2;;/h2*2-8H,1H3;3-5H2,1-2H3;1-2H3;2*1H4. The van der Waals surface area contributed by atoms with Gasteiger partial charge in [-0.05, 0) is 41.0 Å². The van der Waals surface area contributed by atoms with Crippen molar-refractivity contribution in [3.63, 3.8) is 0 Å². The Morgan fingerprint density at radius 1 is 0.548 bits per heavy atom. The summed E-state index contributed by atoms with van der Waals surface area (Å²) >= 11 is 0. The van der Waals surface area contributed by atoms with Gasteiger partial charge in [0.25, 0.3) is 0 Å². The molecule has 0 fully saturated rings. The third-order valence-corrected chi connectivity index (χ3v) is 4.62. The summed E-state index contributed by atoms with van der Waals surface area (Å²) in [6.07, 6.45) is 4.08. The maximum Gasteiger partial charge on any atom is -0.0155 e. The number of unbranched alkanes of at least 4 members (excludes halogenated alkanes) is 2. The van der Waals surface area contributed by atoms with Gasteiger partial charge in [-0.2, -0.15) is 0 Å². The van der Waals surface area contributed by atoms with Crippen LogP contribution in [0.25, 0.3) is 21.5 Å². The topological polar surface area (TPSA) is 0 Å². The second kappa shape index (κ2) is 18.2. The van der Waals surface area contributed by atoms with Gasteiger partial charge in [-0.1, -0.05) is 152 Å². The zero-order chi connectivity index (χ0) is 21.5. The van der Waals surface area contributed by atoms with Crippen LogP contribution in [-0.2, 0) is 0 Å². The molecule has 0 aliphatic heterocycles. The third kappa shape index (κ3) is 10.8. The first-order valence-corrected chi connectivity index (χ1v) is 11.1. The summed E-state index contributed by atoms with van der Waals surface area (Å²) in [5.74, 6) is 0. The van der Waals surface area contributed by atoms with E-state index < -0.39 is 0 Å². The Kier molecular flexibility index (Phi) is 18.0. The first-order chi connectivity index (χ1) is 14.2. The highest BCUT2D eigenvalue weighted by molar-refractivity contribution is 5.85. The average Bonchev–Trinajstić information content (AvgIpc) is 2.77. The fourth-order valence-electron chi connectivity index (χ4n) is 3.05. The van der Waals surface area contributed by atoms with Gasteiger partial charge in [0.15, 0.2) is 0 Å². The molecule has 0 bridgehead atoms. The van der Waals surface area contributed by atoms with Crippen LogP contribution >= 0.6 is 0 Å². The average molecular weight is 419 g/mol. The van der Waals surface area contributed by atoms with E-state index in [4.69, 9.17) is 0 Å². The van der Waals surface area contributed by atoms with Gasteiger partial charge in [0.05, 0.1) is 0 Å². The molecule has 0 radical (unpaired) electrons. The van der Waals surface area contributed by atoms with E-state index in [1.807, 2.05) is 13.8 Å². The highest BCUT2D eigenvalue weighted by atomic mass is 14.0. The number of aryl methyl sites for hydroxylation is 2. The molecule has 0 saturated carbocycles. The minimum absolute atomic E-state index is 0. The maximum absolute atomic E-state index is 2.21. The van der Waals surface area contributed by atoms with Crippen molar-refractivity contribution in [3.05, 3.63) is 96.1 Å². The normalized spacial score (nSPS) is 8.84. The van der Waals surface area contributed by atoms with Crippen molar-refractivity contribution in [1.82, 2.24) is 0 Å². The quantitative estimate of drug-likeness (QED) is 0.303. The number of hydrogen-bond acceptors (Lipinski definition) is 0. The minimum atomic E-state index is 0. The SMILES string of the molecule is C.C.CC.CCCCC.Cc1ccc2ccccc2c1.Cc1cccc2ccccc12. The lowest BCUT2D eigenvalue weighted by Gasteiger charge is -1.98. The molecule has 0 aromatic heterocycles. The summed E-state index contributed by atoms with van der Waals surface area (Å²) in [5, 5.41) is 5.33. The fourth-order valence-corrected chi connectivity index (χ4v) is 3.05. The van der Waals surface area contributed by atoms with E-state index >= 15 is 0 Å². The molecule has 0 unspecified atom stereocenters. The molecule has 0 amide bonds. The summed E-state index contributed by atoms with van der Waals surface area (Å²) in [6, 6.07) is 29.7. The predicted octanol–water partition coefficient (Wildman–Crippen LogP) is 10.8. The first kappa shape index (κ1) is 30.6. The predicted molar refractivity (Wildman–Crippen MR) is 147 cm³/mol. The van der Waals surface area contributed by atoms with Gasteiger partial charge in [-0.25, -0.2) is 0 Å². The van der Waals surface area contributed by atoms with Gasteiger partial charge in [0.2, 0.25) is 0 Å². The van der Waals surface area contributed by atoms with Crippen LogP contribution in [0.15, 0.2) is 84.9 Å². The molecule has 4 aromatic carbocycles. The van der Waals surface area contributed by atoms with Gasteiger partial charge in [0.1, 0.15) is 0 Å². The Balaban J connectivity index is 0. The zero-order valence-corrected chi connectivity index (χ0v) is 19.2. The van der Waals surface area contributed by atoms with Crippen LogP contribution in [0.3, 0.4) is 0 Å². The van der Waals surface area contributed by atoms with Gasteiger partial charge in [0, 0.05) is 0 Å². The summed E-state index contributed by atoms with van der Waals surface area (Å²) < 4.78 is 0. The zero-order valence-electron chi connectivity index (χ0n) is 19.2. The minimum Gasteiger partial charge on any atom is -0.0776 e. The molecule has 0 atom stereocenters. The number of hydrogen-bond donors (Lipinski definition) is 0. The van der Waals surface area contributed by atoms with Crippen LogP contribution in [0.4, 0.5) is 0 Å². The molecule has 170 valence electrons. The molecule has 0 aliphatic carbocycles. The maximum atomic E-state index is 2.21. The molecule has 0 N–H and O–H groups in total. The Morgan fingerprint density at radius 2 is 1.06 bits per heavy atom. The van der Waals surface area contributed by atoms with Crippen LogP contribution in [0.2, 0.25) is 0 Å². The smallest absolute Gasteiger partial charge is 0.0155 e. The van der Waals surface area contributed by atoms with Crippen LogP contribution in [0.1, 0.15) is 72.9 Å². The summed E-state index contributed by atoms with van der Waals surface area (Å²) in [5.41, 5.74) is 2.67. The highest BCUT2D eigenvalue weighted by Crippen LogP contribution is 2.16. The van der Waals surface area contributed by atoms with E-state index in [0.29, 0.717) is 0 Å². The lowest BCUT2D eigenvalue weighted by atomic mass is 10.1. The van der Waals surface area contributed by atoms with Crippen molar-refractivity contribution in [1.29, 1.82) is 0 Å². The van der Waals surface area contributed by atoms with Crippen molar-refractivity contribution in [2.45, 2.75) is 75.7 Å². The van der Waals surface area contributed by atoms with Gasteiger partial charge in [-0.3, -0.25) is 0 Å². The van der Waals surface area contributed by atoms with Crippen molar-refractivity contribution >= 4 is 21.5 Å². The summed E-state index contributed by atoms with van der Waals surface area (Å²) in [4.78, 5) is 0. The second-order valence-corrected chi connectivity index (χ2v) is 7.00. The molecule has 0 spiro atoms. The van der Waals surface area contributed by atoms with E-state index in [1.54, 1.807) is 0 Å². The molecule has 0 nitrogen and oxygen atoms in total. The van der Waals surface area contributed by atoms with Crippen molar-refractivity contribution in [3.8, 4) is 0 Å². The lowest BCUT2D eigenvalue weighted by molar-refractivity contribution is 0.772. The summed E-state index contributed by atoms with van der Waals surface area (Å²) in [7, 11) is 0. The Morgan fingerprint density at radius 3 is 1.61 bits per heavy atom. The molecule has 0 heteroatoms. The van der Waals surface area contributed by atoms with Crippen molar-refractivity contribution in [2.75, 3.05) is 0 Å². The second-order valence-electron chi connectivity index (χ2n) is 7.00. The van der Waals surface area contributed by atoms with Crippen molar-refractivity contribution < 1.29 is 0 Å². The van der Waals surface area contributed by atoms with E-state index in [0.717, 1.165) is 0 Å². The summed E-state index contributed by atoms with van der Waals surface area (Å²) in [6.45, 7) is 12.7. The fraction of sp³-hybridized carbons (Fsp3) is 0.355. The Labute approximate surface area is 193 Å². The molecule has 0 saturated heterocycles. The third-order valence-electron chi connectivity index (χ3n) is 4.62. The van der Waals surface area contributed by atoms with E-state index in [9.17, 15) is 0 Å². The molecule has 4 aromatic rings. The Bertz CT molecular complexity index is 936. The molecule has 0 aliphatic rings. The van der Waals surface area contributed by atoms with E-state index in [2.05, 4.69) is 113 Å². The highest BCUT2D eigenvalue weighted by Gasteiger charge is 1.92. The van der Waals surface area contributed by atoms with Gasteiger partial charge >= 0.3 is 0 Å². The van der Waals surface area contributed by atoms with Crippen LogP contribution in [0.5, 0.6) is 0 Å². The number of fused-ring (bicyclic) bond motifs is 2. The number of rotatable bonds is 2. The molecule has 4 rings (SSSR count). The molecular weight excluding hydrogens is 372 g/mol. The molecule has 0 heterocycles. The van der Waals surface area contributed by atoms with E-state index in [-0.39, 0.29) is 14.9 Å². The number of benzene rings is 4. The van der Waals surface area contributed by atoms with Crippen LogP contribution < -0.4 is 0 Å². The Hall–Kier alpha value is -2.60. The van der Waals surface area contributed by atoms with Crippen LogP contribution in [0, 0.1) is 13.8 Å². The first-order valence-electron chi connectivity index (χ1n) is 11.1. The van der Waals surface area contributed by atoms with Gasteiger partial charge < -0.3 is 0 Å². The largest absolute Gasteiger partial charge is 0.0776 e. The lowest BCUT2D eigenvalue weighted by Crippen LogP contribution is -1.75. The van der Waals surface area contributed by atoms with Gasteiger partial charge in [-0.15, -0.1) is 0 Å². The molecular formula is C31H46. The van der Waals surface area contributed by atoms with E-state index in [1.165, 1.54) is 51.9 Å².